The van der Waals surface area contributed by atoms with Crippen LogP contribution < -0.4 is 0 Å². The molecule has 0 atom stereocenters. The van der Waals surface area contributed by atoms with E-state index >= 15 is 0 Å². The molecule has 0 heteroatoms. The second kappa shape index (κ2) is 7.59. The first kappa shape index (κ1) is 10.5. The second-order valence-electron chi connectivity index (χ2n) is 2.84. The van der Waals surface area contributed by atoms with Crippen molar-refractivity contribution in [2.45, 2.75) is 46.0 Å². The van der Waals surface area contributed by atoms with E-state index in [1.807, 2.05) is 6.08 Å². The Bertz CT molecular complexity index is 120. The first-order valence-corrected chi connectivity index (χ1v) is 4.63. The molecule has 0 amide bonds. The first-order chi connectivity index (χ1) is 5.35. The molecule has 0 aromatic heterocycles. The summed E-state index contributed by atoms with van der Waals surface area (Å²) < 4.78 is 0. The molecule has 0 unspecified atom stereocenters. The van der Waals surface area contributed by atoms with Crippen LogP contribution in [0, 0.1) is 0 Å². The lowest BCUT2D eigenvalue weighted by atomic mass is 10.1. The molecule has 0 aromatic carbocycles. The summed E-state index contributed by atoms with van der Waals surface area (Å²) >= 11 is 0. The smallest absolute Gasteiger partial charge is 0.0169 e. The summed E-state index contributed by atoms with van der Waals surface area (Å²) in [5.74, 6) is 0. The fourth-order valence-corrected chi connectivity index (χ4v) is 1.08. The first-order valence-electron chi connectivity index (χ1n) is 4.63. The van der Waals surface area contributed by atoms with Gasteiger partial charge >= 0.3 is 0 Å². The predicted molar refractivity (Wildman–Crippen MR) is 52.7 cm³/mol. The van der Waals surface area contributed by atoms with Gasteiger partial charge in [0.05, 0.1) is 0 Å². The minimum absolute atomic E-state index is 1.03. The third-order valence-corrected chi connectivity index (χ3v) is 1.88. The van der Waals surface area contributed by atoms with Crippen molar-refractivity contribution in [2.24, 2.45) is 0 Å². The largest absolute Gasteiger partial charge is 0.103 e. The zero-order valence-electron chi connectivity index (χ0n) is 7.90. The van der Waals surface area contributed by atoms with Crippen LogP contribution in [0.2, 0.25) is 0 Å². The topological polar surface area (TPSA) is 0 Å². The van der Waals surface area contributed by atoms with Gasteiger partial charge in [-0.15, -0.1) is 6.58 Å². The number of rotatable bonds is 6. The van der Waals surface area contributed by atoms with Crippen LogP contribution >= 0.6 is 0 Å². The highest BCUT2D eigenvalue weighted by Gasteiger charge is 1.91. The molecule has 0 aliphatic rings. The van der Waals surface area contributed by atoms with E-state index in [2.05, 4.69) is 26.5 Å². The van der Waals surface area contributed by atoms with E-state index in [-0.39, 0.29) is 0 Å². The maximum atomic E-state index is 3.70. The average molecular weight is 152 g/mol. The molecule has 0 spiro atoms. The van der Waals surface area contributed by atoms with Gasteiger partial charge in [0.25, 0.3) is 0 Å². The molecule has 0 N–H and O–H groups in total. The molecule has 0 heterocycles. The van der Waals surface area contributed by atoms with Crippen LogP contribution in [0.15, 0.2) is 24.3 Å². The van der Waals surface area contributed by atoms with E-state index in [1.165, 1.54) is 25.7 Å². The standard InChI is InChI=1S/C11H20/c1-4-7-9-11(6-3)10-8-5-2/h4,9H,1,5-8,10H2,2-3H3. The van der Waals surface area contributed by atoms with Gasteiger partial charge in [-0.05, 0) is 25.7 Å². The molecule has 0 rings (SSSR count). The molecule has 11 heavy (non-hydrogen) atoms. The third kappa shape index (κ3) is 5.90. The zero-order chi connectivity index (χ0) is 8.53. The number of unbranched alkanes of at least 4 members (excludes halogenated alkanes) is 1. The Morgan fingerprint density at radius 2 is 2.09 bits per heavy atom. The van der Waals surface area contributed by atoms with E-state index in [1.54, 1.807) is 5.57 Å². The Morgan fingerprint density at radius 3 is 2.55 bits per heavy atom. The van der Waals surface area contributed by atoms with Crippen LogP contribution in [0.4, 0.5) is 0 Å². The van der Waals surface area contributed by atoms with Crippen LogP contribution in [0.5, 0.6) is 0 Å². The van der Waals surface area contributed by atoms with E-state index in [4.69, 9.17) is 0 Å². The molecular formula is C11H20. The minimum Gasteiger partial charge on any atom is -0.103 e. The van der Waals surface area contributed by atoms with Gasteiger partial charge in [0.2, 0.25) is 0 Å². The summed E-state index contributed by atoms with van der Waals surface area (Å²) in [7, 11) is 0. The van der Waals surface area contributed by atoms with Crippen molar-refractivity contribution >= 4 is 0 Å². The molecule has 0 nitrogen and oxygen atoms in total. The van der Waals surface area contributed by atoms with Gasteiger partial charge in [0.15, 0.2) is 0 Å². The summed E-state index contributed by atoms with van der Waals surface area (Å²) in [4.78, 5) is 0. The maximum Gasteiger partial charge on any atom is -0.0169 e. The van der Waals surface area contributed by atoms with Gasteiger partial charge in [0.1, 0.15) is 0 Å². The zero-order valence-corrected chi connectivity index (χ0v) is 7.90. The van der Waals surface area contributed by atoms with E-state index in [0.717, 1.165) is 6.42 Å². The van der Waals surface area contributed by atoms with E-state index < -0.39 is 0 Å². The SMILES string of the molecule is C=CCC=C(CC)CCCC. The highest BCUT2D eigenvalue weighted by Crippen LogP contribution is 2.11. The van der Waals surface area contributed by atoms with Crippen molar-refractivity contribution in [2.75, 3.05) is 0 Å². The van der Waals surface area contributed by atoms with Crippen LogP contribution in [-0.4, -0.2) is 0 Å². The lowest BCUT2D eigenvalue weighted by Gasteiger charge is -2.01. The number of allylic oxidation sites excluding steroid dienone is 3. The molecule has 64 valence electrons. The van der Waals surface area contributed by atoms with E-state index in [0.29, 0.717) is 0 Å². The highest BCUT2D eigenvalue weighted by atomic mass is 14.0. The molecular weight excluding hydrogens is 132 g/mol. The molecule has 0 radical (unpaired) electrons. The summed E-state index contributed by atoms with van der Waals surface area (Å²) in [6, 6.07) is 0. The molecule has 0 bridgehead atoms. The monoisotopic (exact) mass is 152 g/mol. The van der Waals surface area contributed by atoms with Gasteiger partial charge in [-0.2, -0.15) is 0 Å². The van der Waals surface area contributed by atoms with Crippen LogP contribution in [0.3, 0.4) is 0 Å². The normalized spacial score (nSPS) is 11.6. The fraction of sp³-hybridized carbons (Fsp3) is 0.636. The highest BCUT2D eigenvalue weighted by molar-refractivity contribution is 5.03. The quantitative estimate of drug-likeness (QED) is 0.503. The molecule has 0 aliphatic heterocycles. The summed E-state index contributed by atoms with van der Waals surface area (Å²) in [5.41, 5.74) is 1.59. The summed E-state index contributed by atoms with van der Waals surface area (Å²) in [5, 5.41) is 0. The van der Waals surface area contributed by atoms with Crippen LogP contribution in [0.25, 0.3) is 0 Å². The molecule has 0 aromatic rings. The lowest BCUT2D eigenvalue weighted by molar-refractivity contribution is 0.763. The molecule has 0 fully saturated rings. The van der Waals surface area contributed by atoms with Gasteiger partial charge in [0, 0.05) is 0 Å². The van der Waals surface area contributed by atoms with Crippen LogP contribution in [0.1, 0.15) is 46.0 Å². The Balaban J connectivity index is 3.63. The van der Waals surface area contributed by atoms with Gasteiger partial charge in [-0.25, -0.2) is 0 Å². The number of hydrogen-bond acceptors (Lipinski definition) is 0. The second-order valence-corrected chi connectivity index (χ2v) is 2.84. The minimum atomic E-state index is 1.03. The lowest BCUT2D eigenvalue weighted by Crippen LogP contribution is -1.81. The van der Waals surface area contributed by atoms with Crippen LogP contribution in [-0.2, 0) is 0 Å². The Labute approximate surface area is 71.0 Å². The third-order valence-electron chi connectivity index (χ3n) is 1.88. The maximum absolute atomic E-state index is 3.70. The van der Waals surface area contributed by atoms with Crippen molar-refractivity contribution in [1.29, 1.82) is 0 Å². The van der Waals surface area contributed by atoms with Crippen molar-refractivity contribution in [1.82, 2.24) is 0 Å². The Kier molecular flexibility index (Phi) is 7.23. The Hall–Kier alpha value is -0.520. The number of hydrogen-bond donors (Lipinski definition) is 0. The van der Waals surface area contributed by atoms with E-state index in [9.17, 15) is 0 Å². The average Bonchev–Trinajstić information content (AvgIpc) is 2.05. The molecule has 0 aliphatic carbocycles. The summed E-state index contributed by atoms with van der Waals surface area (Å²) in [6.45, 7) is 8.17. The summed E-state index contributed by atoms with van der Waals surface area (Å²) in [6.07, 6.45) is 10.4. The van der Waals surface area contributed by atoms with Crippen molar-refractivity contribution in [3.8, 4) is 0 Å². The van der Waals surface area contributed by atoms with Gasteiger partial charge < -0.3 is 0 Å². The van der Waals surface area contributed by atoms with Gasteiger partial charge in [-0.3, -0.25) is 0 Å². The Morgan fingerprint density at radius 1 is 1.36 bits per heavy atom. The molecule has 0 saturated heterocycles. The fourth-order valence-electron chi connectivity index (χ4n) is 1.08. The van der Waals surface area contributed by atoms with Crippen molar-refractivity contribution in [3.05, 3.63) is 24.3 Å². The molecule has 0 saturated carbocycles. The van der Waals surface area contributed by atoms with Gasteiger partial charge in [-0.1, -0.05) is 38.0 Å². The van der Waals surface area contributed by atoms with Crippen molar-refractivity contribution in [3.63, 3.8) is 0 Å². The predicted octanol–water partition coefficient (Wildman–Crippen LogP) is 4.09. The van der Waals surface area contributed by atoms with Crippen molar-refractivity contribution < 1.29 is 0 Å².